The third kappa shape index (κ3) is 3.86. The number of rotatable bonds is 6. The van der Waals surface area contributed by atoms with Crippen LogP contribution in [0.1, 0.15) is 29.9 Å². The fraction of sp³-hybridized carbons (Fsp3) is 0.273. The molecule has 1 aromatic heterocycles. The molecule has 0 spiro atoms. The Kier molecular flexibility index (Phi) is 5.68. The Balaban J connectivity index is 2.08. The highest BCUT2D eigenvalue weighted by Gasteiger charge is 2.23. The number of aromatic hydroxyl groups is 1. The average Bonchev–Trinajstić information content (AvgIpc) is 2.70. The fourth-order valence-electron chi connectivity index (χ4n) is 3.08. The first-order valence-electron chi connectivity index (χ1n) is 9.07. The summed E-state index contributed by atoms with van der Waals surface area (Å²) in [7, 11) is 1.22. The summed E-state index contributed by atoms with van der Waals surface area (Å²) in [6, 6.07) is 14.5. The van der Waals surface area contributed by atoms with Crippen LogP contribution in [-0.4, -0.2) is 22.8 Å². The van der Waals surface area contributed by atoms with E-state index in [1.54, 1.807) is 18.2 Å². The highest BCUT2D eigenvalue weighted by Crippen LogP contribution is 2.30. The Bertz CT molecular complexity index is 1050. The van der Waals surface area contributed by atoms with E-state index in [-0.39, 0.29) is 40.2 Å². The number of pyridine rings is 1. The lowest BCUT2D eigenvalue weighted by molar-refractivity contribution is 0.0582. The molecule has 0 unspecified atom stereocenters. The minimum Gasteiger partial charge on any atom is -0.505 e. The van der Waals surface area contributed by atoms with Crippen molar-refractivity contribution in [3.05, 3.63) is 70.1 Å². The van der Waals surface area contributed by atoms with Crippen molar-refractivity contribution in [2.75, 3.05) is 7.11 Å². The van der Waals surface area contributed by atoms with Crippen molar-refractivity contribution < 1.29 is 19.4 Å². The van der Waals surface area contributed by atoms with Gasteiger partial charge in [-0.05, 0) is 29.7 Å². The Morgan fingerprint density at radius 3 is 2.46 bits per heavy atom. The van der Waals surface area contributed by atoms with E-state index in [1.165, 1.54) is 11.7 Å². The SMILES string of the molecule is COC(=O)c1c(O)c2ccc(OCc3ccccc3)cc2c(=O)n1CC(C)C. The normalized spacial score (nSPS) is 11.0. The molecule has 0 bridgehead atoms. The highest BCUT2D eigenvalue weighted by atomic mass is 16.5. The number of ether oxygens (including phenoxy) is 2. The minimum atomic E-state index is -0.749. The van der Waals surface area contributed by atoms with Gasteiger partial charge < -0.3 is 14.6 Å². The molecule has 0 aliphatic rings. The average molecular weight is 381 g/mol. The van der Waals surface area contributed by atoms with E-state index >= 15 is 0 Å². The molecule has 6 heteroatoms. The zero-order valence-electron chi connectivity index (χ0n) is 16.1. The summed E-state index contributed by atoms with van der Waals surface area (Å²) in [4.78, 5) is 25.3. The molecule has 0 aliphatic heterocycles. The van der Waals surface area contributed by atoms with Gasteiger partial charge in [-0.2, -0.15) is 0 Å². The lowest BCUT2D eigenvalue weighted by Gasteiger charge is -2.17. The molecule has 0 radical (unpaired) electrons. The summed E-state index contributed by atoms with van der Waals surface area (Å²) in [5.74, 6) is -0.413. The summed E-state index contributed by atoms with van der Waals surface area (Å²) in [5, 5.41) is 11.2. The summed E-state index contributed by atoms with van der Waals surface area (Å²) in [5.41, 5.74) is 0.502. The topological polar surface area (TPSA) is 77.8 Å². The molecule has 0 amide bonds. The molecule has 146 valence electrons. The molecule has 28 heavy (non-hydrogen) atoms. The van der Waals surface area contributed by atoms with E-state index in [4.69, 9.17) is 9.47 Å². The van der Waals surface area contributed by atoms with Gasteiger partial charge in [0, 0.05) is 11.9 Å². The first kappa shape index (κ1) is 19.5. The van der Waals surface area contributed by atoms with Gasteiger partial charge in [0.15, 0.2) is 11.4 Å². The Hall–Kier alpha value is -3.28. The predicted molar refractivity (Wildman–Crippen MR) is 107 cm³/mol. The number of fused-ring (bicyclic) bond motifs is 1. The zero-order valence-corrected chi connectivity index (χ0v) is 16.1. The molecule has 0 saturated carbocycles. The smallest absolute Gasteiger partial charge is 0.358 e. The van der Waals surface area contributed by atoms with Crippen molar-refractivity contribution in [1.82, 2.24) is 4.57 Å². The van der Waals surface area contributed by atoms with Crippen molar-refractivity contribution in [2.45, 2.75) is 27.0 Å². The number of benzene rings is 2. The zero-order chi connectivity index (χ0) is 20.3. The third-order valence-corrected chi connectivity index (χ3v) is 4.39. The second kappa shape index (κ2) is 8.17. The largest absolute Gasteiger partial charge is 0.505 e. The maximum absolute atomic E-state index is 13.1. The van der Waals surface area contributed by atoms with Gasteiger partial charge in [0.1, 0.15) is 12.4 Å². The van der Waals surface area contributed by atoms with Gasteiger partial charge in [-0.15, -0.1) is 0 Å². The van der Waals surface area contributed by atoms with Gasteiger partial charge >= 0.3 is 5.97 Å². The van der Waals surface area contributed by atoms with Crippen LogP contribution in [0.25, 0.3) is 10.8 Å². The van der Waals surface area contributed by atoms with E-state index in [2.05, 4.69) is 0 Å². The third-order valence-electron chi connectivity index (χ3n) is 4.39. The molecule has 1 heterocycles. The van der Waals surface area contributed by atoms with Crippen LogP contribution in [0, 0.1) is 5.92 Å². The van der Waals surface area contributed by atoms with Crippen LogP contribution in [0.2, 0.25) is 0 Å². The van der Waals surface area contributed by atoms with Crippen LogP contribution < -0.4 is 10.3 Å². The maximum atomic E-state index is 13.1. The van der Waals surface area contributed by atoms with E-state index in [0.29, 0.717) is 12.4 Å². The van der Waals surface area contributed by atoms with E-state index in [1.807, 2.05) is 44.2 Å². The Morgan fingerprint density at radius 1 is 1.11 bits per heavy atom. The fourth-order valence-corrected chi connectivity index (χ4v) is 3.08. The standard InChI is InChI=1S/C22H23NO5/c1-14(2)12-23-19(22(26)27-3)20(24)17-10-9-16(11-18(17)21(23)25)28-13-15-7-5-4-6-8-15/h4-11,14,24H,12-13H2,1-3H3. The molecule has 0 aliphatic carbocycles. The number of aromatic nitrogens is 1. The lowest BCUT2D eigenvalue weighted by Crippen LogP contribution is -2.28. The summed E-state index contributed by atoms with van der Waals surface area (Å²) >= 11 is 0. The lowest BCUT2D eigenvalue weighted by atomic mass is 10.1. The van der Waals surface area contributed by atoms with Crippen molar-refractivity contribution in [1.29, 1.82) is 0 Å². The predicted octanol–water partition coefficient (Wildman–Crippen LogP) is 3.73. The molecule has 2 aromatic carbocycles. The molecule has 6 nitrogen and oxygen atoms in total. The van der Waals surface area contributed by atoms with Gasteiger partial charge in [0.05, 0.1) is 12.5 Å². The first-order chi connectivity index (χ1) is 13.4. The number of methoxy groups -OCH3 is 1. The van der Waals surface area contributed by atoms with Crippen LogP contribution in [0.15, 0.2) is 53.3 Å². The summed E-state index contributed by atoms with van der Waals surface area (Å²) in [6.07, 6.45) is 0. The highest BCUT2D eigenvalue weighted by molar-refractivity contribution is 5.99. The second-order valence-electron chi connectivity index (χ2n) is 6.98. The van der Waals surface area contributed by atoms with E-state index in [0.717, 1.165) is 5.56 Å². The van der Waals surface area contributed by atoms with E-state index in [9.17, 15) is 14.7 Å². The molecular formula is C22H23NO5. The number of esters is 1. The summed E-state index contributed by atoms with van der Waals surface area (Å²) in [6.45, 7) is 4.49. The molecule has 0 atom stereocenters. The monoisotopic (exact) mass is 381 g/mol. The van der Waals surface area contributed by atoms with Crippen LogP contribution in [-0.2, 0) is 17.9 Å². The molecule has 0 saturated heterocycles. The second-order valence-corrected chi connectivity index (χ2v) is 6.98. The maximum Gasteiger partial charge on any atom is 0.358 e. The van der Waals surface area contributed by atoms with Crippen molar-refractivity contribution in [3.8, 4) is 11.5 Å². The molecule has 0 fully saturated rings. The van der Waals surface area contributed by atoms with Crippen LogP contribution in [0.3, 0.4) is 0 Å². The van der Waals surface area contributed by atoms with E-state index < -0.39 is 5.97 Å². The molecule has 3 aromatic rings. The molecule has 1 N–H and O–H groups in total. The van der Waals surface area contributed by atoms with Crippen molar-refractivity contribution >= 4 is 16.7 Å². The minimum absolute atomic E-state index is 0.0930. The molecule has 3 rings (SSSR count). The number of hydrogen-bond acceptors (Lipinski definition) is 5. The van der Waals surface area contributed by atoms with Crippen LogP contribution >= 0.6 is 0 Å². The van der Waals surface area contributed by atoms with Crippen LogP contribution in [0.5, 0.6) is 11.5 Å². The first-order valence-corrected chi connectivity index (χ1v) is 9.07. The van der Waals surface area contributed by atoms with Gasteiger partial charge in [-0.3, -0.25) is 9.36 Å². The Labute approximate surface area is 162 Å². The number of carbonyl (C=O) groups is 1. The van der Waals surface area contributed by atoms with Gasteiger partial charge in [-0.25, -0.2) is 4.79 Å². The van der Waals surface area contributed by atoms with Crippen molar-refractivity contribution in [3.63, 3.8) is 0 Å². The van der Waals surface area contributed by atoms with Crippen LogP contribution in [0.4, 0.5) is 0 Å². The number of hydrogen-bond donors (Lipinski definition) is 1. The van der Waals surface area contributed by atoms with Gasteiger partial charge in [0.25, 0.3) is 5.56 Å². The van der Waals surface area contributed by atoms with Gasteiger partial charge in [0.2, 0.25) is 0 Å². The summed E-state index contributed by atoms with van der Waals surface area (Å²) < 4.78 is 11.8. The Morgan fingerprint density at radius 2 is 1.82 bits per heavy atom. The van der Waals surface area contributed by atoms with Crippen molar-refractivity contribution in [2.24, 2.45) is 5.92 Å². The molecular weight excluding hydrogens is 358 g/mol. The number of carbonyl (C=O) groups excluding carboxylic acids is 1. The quantitative estimate of drug-likeness (QED) is 0.659. The number of nitrogens with zero attached hydrogens (tertiary/aromatic N) is 1. The van der Waals surface area contributed by atoms with Gasteiger partial charge in [-0.1, -0.05) is 44.2 Å².